The van der Waals surface area contributed by atoms with Gasteiger partial charge in [0.15, 0.2) is 5.06 Å². The van der Waals surface area contributed by atoms with Crippen molar-refractivity contribution in [2.45, 2.75) is 34.6 Å². The molecule has 0 N–H and O–H groups in total. The number of thiophene rings is 4. The lowest BCUT2D eigenvalue weighted by Gasteiger charge is -2.17. The third-order valence-corrected chi connectivity index (χ3v) is 11.7. The summed E-state index contributed by atoms with van der Waals surface area (Å²) >= 11 is 7.32. The number of fused-ring (bicyclic) bond motifs is 5. The van der Waals surface area contributed by atoms with Crippen LogP contribution in [0.1, 0.15) is 30.5 Å². The third kappa shape index (κ3) is 4.01. The van der Waals surface area contributed by atoms with E-state index in [1.165, 1.54) is 49.8 Å². The van der Waals surface area contributed by atoms with Gasteiger partial charge in [0.25, 0.3) is 0 Å². The van der Waals surface area contributed by atoms with Crippen LogP contribution in [0.15, 0.2) is 42.5 Å². The van der Waals surface area contributed by atoms with E-state index in [1.807, 2.05) is 40.9 Å². The van der Waals surface area contributed by atoms with Crippen LogP contribution in [0.3, 0.4) is 0 Å². The second kappa shape index (κ2) is 9.66. The summed E-state index contributed by atoms with van der Waals surface area (Å²) < 4.78 is 22.5. The average molecular weight is 589 g/mol. The third-order valence-electron chi connectivity index (χ3n) is 7.05. The predicted molar refractivity (Wildman–Crippen MR) is 174 cm³/mol. The first-order valence-corrected chi connectivity index (χ1v) is 16.5. The van der Waals surface area contributed by atoms with Gasteiger partial charge >= 0.3 is 0 Å². The molecule has 0 atom stereocenters. The minimum absolute atomic E-state index is 0.611. The Balaban J connectivity index is 1.51. The molecule has 7 rings (SSSR count). The van der Waals surface area contributed by atoms with Crippen LogP contribution in [0, 0.1) is 13.8 Å². The molecule has 0 spiro atoms. The van der Waals surface area contributed by atoms with E-state index in [9.17, 15) is 0 Å². The Hall–Kier alpha value is -2.84. The van der Waals surface area contributed by atoms with Gasteiger partial charge in [-0.1, -0.05) is 11.3 Å². The Morgan fingerprint density at radius 2 is 1.15 bits per heavy atom. The van der Waals surface area contributed by atoms with Crippen molar-refractivity contribution >= 4 is 97.2 Å². The summed E-state index contributed by atoms with van der Waals surface area (Å²) in [5.74, 6) is 1.89. The first kappa shape index (κ1) is 25.1. The maximum Gasteiger partial charge on any atom is 0.174 e. The van der Waals surface area contributed by atoms with Gasteiger partial charge in [-0.25, -0.2) is 0 Å². The molecule has 3 nitrogen and oxygen atoms in total. The summed E-state index contributed by atoms with van der Waals surface area (Å²) in [7, 11) is 0. The van der Waals surface area contributed by atoms with Crippen LogP contribution in [0.4, 0.5) is 0 Å². The largest absolute Gasteiger partial charge is 0.493 e. The van der Waals surface area contributed by atoms with Gasteiger partial charge in [0.2, 0.25) is 0 Å². The summed E-state index contributed by atoms with van der Waals surface area (Å²) in [6, 6.07) is 16.0. The average Bonchev–Trinajstić information content (AvgIpc) is 3.67. The number of hydrogen-bond donors (Lipinski definition) is 0. The highest BCUT2D eigenvalue weighted by atomic mass is 32.1. The predicted octanol–water partition coefficient (Wildman–Crippen LogP) is 11.2. The molecule has 0 fully saturated rings. The lowest BCUT2D eigenvalue weighted by molar-refractivity contribution is 0.342. The molecular formula is C32H28O3S4. The second-order valence-corrected chi connectivity index (χ2v) is 14.2. The van der Waals surface area contributed by atoms with Gasteiger partial charge in [-0.15, -0.1) is 34.0 Å². The molecule has 0 bridgehead atoms. The fourth-order valence-corrected chi connectivity index (χ4v) is 10.1. The van der Waals surface area contributed by atoms with E-state index in [0.29, 0.717) is 19.8 Å². The molecule has 0 aliphatic carbocycles. The fraction of sp³-hybridized carbons (Fsp3) is 0.250. The van der Waals surface area contributed by atoms with Crippen LogP contribution in [0.25, 0.3) is 61.6 Å². The highest BCUT2D eigenvalue weighted by Gasteiger charge is 2.21. The molecular weight excluding hydrogens is 561 g/mol. The minimum atomic E-state index is 0.611. The van der Waals surface area contributed by atoms with Crippen LogP contribution in [-0.4, -0.2) is 19.8 Å². The Morgan fingerprint density at radius 3 is 1.79 bits per heavy atom. The van der Waals surface area contributed by atoms with Crippen LogP contribution >= 0.6 is 45.3 Å². The highest BCUT2D eigenvalue weighted by molar-refractivity contribution is 7.31. The van der Waals surface area contributed by atoms with Crippen molar-refractivity contribution < 1.29 is 14.2 Å². The quantitative estimate of drug-likeness (QED) is 0.173. The Bertz CT molecular complexity index is 1940. The molecule has 4 aromatic heterocycles. The molecule has 3 aromatic carbocycles. The van der Waals surface area contributed by atoms with E-state index in [-0.39, 0.29) is 0 Å². The molecule has 0 radical (unpaired) electrons. The lowest BCUT2D eigenvalue weighted by Crippen LogP contribution is -1.98. The van der Waals surface area contributed by atoms with Crippen LogP contribution in [-0.2, 0) is 0 Å². The van der Waals surface area contributed by atoms with Gasteiger partial charge in [0.05, 0.1) is 29.4 Å². The normalized spacial score (nSPS) is 12.0. The van der Waals surface area contributed by atoms with Gasteiger partial charge in [0.1, 0.15) is 11.5 Å². The fourth-order valence-electron chi connectivity index (χ4n) is 5.49. The SMILES string of the molecule is CCOc1cc2c(C)sc(-c3cc4cc5c(OCC)c6cc7sc(C)cc7cc6c(OCC)c5cc4s3)c2s1. The summed E-state index contributed by atoms with van der Waals surface area (Å²) in [4.78, 5) is 5.28. The summed E-state index contributed by atoms with van der Waals surface area (Å²) in [6.07, 6.45) is 0. The molecule has 0 amide bonds. The molecule has 4 heterocycles. The van der Waals surface area contributed by atoms with E-state index in [0.717, 1.165) is 38.1 Å². The van der Waals surface area contributed by atoms with Crippen LogP contribution < -0.4 is 14.2 Å². The molecule has 0 saturated carbocycles. The molecule has 0 aliphatic rings. The molecule has 39 heavy (non-hydrogen) atoms. The molecule has 0 saturated heterocycles. The van der Waals surface area contributed by atoms with Crippen molar-refractivity contribution in [1.82, 2.24) is 0 Å². The first-order chi connectivity index (χ1) is 19.0. The van der Waals surface area contributed by atoms with Gasteiger partial charge in [-0.05, 0) is 81.8 Å². The number of rotatable bonds is 7. The van der Waals surface area contributed by atoms with E-state index in [1.54, 1.807) is 11.3 Å². The van der Waals surface area contributed by atoms with Crippen molar-refractivity contribution in [1.29, 1.82) is 0 Å². The van der Waals surface area contributed by atoms with Crippen molar-refractivity contribution in [2.24, 2.45) is 0 Å². The first-order valence-electron chi connectivity index (χ1n) is 13.3. The summed E-state index contributed by atoms with van der Waals surface area (Å²) in [6.45, 7) is 12.4. The lowest BCUT2D eigenvalue weighted by atomic mass is 9.98. The van der Waals surface area contributed by atoms with Gasteiger partial charge < -0.3 is 14.2 Å². The monoisotopic (exact) mass is 588 g/mol. The Labute approximate surface area is 243 Å². The highest BCUT2D eigenvalue weighted by Crippen LogP contribution is 2.51. The Kier molecular flexibility index (Phi) is 6.23. The van der Waals surface area contributed by atoms with Crippen LogP contribution in [0.5, 0.6) is 16.6 Å². The molecule has 0 aliphatic heterocycles. The minimum Gasteiger partial charge on any atom is -0.493 e. The van der Waals surface area contributed by atoms with Gasteiger partial charge in [-0.2, -0.15) is 0 Å². The van der Waals surface area contributed by atoms with Crippen molar-refractivity contribution in [2.75, 3.05) is 19.8 Å². The van der Waals surface area contributed by atoms with Crippen molar-refractivity contribution in [3.8, 4) is 26.3 Å². The van der Waals surface area contributed by atoms with Crippen molar-refractivity contribution in [3.63, 3.8) is 0 Å². The van der Waals surface area contributed by atoms with E-state index in [2.05, 4.69) is 70.2 Å². The molecule has 7 heteroatoms. The number of benzene rings is 3. The Morgan fingerprint density at radius 1 is 0.564 bits per heavy atom. The maximum atomic E-state index is 6.39. The van der Waals surface area contributed by atoms with Crippen LogP contribution in [0.2, 0.25) is 0 Å². The maximum absolute atomic E-state index is 6.39. The molecule has 7 aromatic rings. The molecule has 0 unspecified atom stereocenters. The number of hydrogen-bond acceptors (Lipinski definition) is 7. The van der Waals surface area contributed by atoms with Gasteiger partial charge in [-0.3, -0.25) is 0 Å². The standard InChI is InChI=1S/C32H28O3S4/c1-6-33-28-15-20-17(5)37-32(31(20)39-28)27-12-19-11-22-24(14-26(19)38-27)29(34-7-2)21-10-18-9-16(4)36-25(18)13-23(21)30(22)35-8-3/h9-15H,6-8H2,1-5H3. The second-order valence-electron chi connectivity index (χ2n) is 9.59. The van der Waals surface area contributed by atoms with Crippen molar-refractivity contribution in [3.05, 3.63) is 52.2 Å². The molecule has 198 valence electrons. The van der Waals surface area contributed by atoms with E-state index < -0.39 is 0 Å². The smallest absolute Gasteiger partial charge is 0.174 e. The van der Waals surface area contributed by atoms with E-state index in [4.69, 9.17) is 14.2 Å². The zero-order valence-electron chi connectivity index (χ0n) is 22.5. The number of aryl methyl sites for hydroxylation is 2. The zero-order valence-corrected chi connectivity index (χ0v) is 25.8. The van der Waals surface area contributed by atoms with E-state index >= 15 is 0 Å². The zero-order chi connectivity index (χ0) is 26.8. The summed E-state index contributed by atoms with van der Waals surface area (Å²) in [5.41, 5.74) is 0. The topological polar surface area (TPSA) is 27.7 Å². The number of ether oxygens (including phenoxy) is 3. The summed E-state index contributed by atoms with van der Waals surface area (Å²) in [5, 5.41) is 9.26. The van der Waals surface area contributed by atoms with Gasteiger partial charge in [0, 0.05) is 57.0 Å².